The fraction of sp³-hybridized carbons (Fsp3) is 0.357. The molecule has 0 unspecified atom stereocenters. The summed E-state index contributed by atoms with van der Waals surface area (Å²) in [6.07, 6.45) is 0.697. The molecule has 6 nitrogen and oxygen atoms in total. The summed E-state index contributed by atoms with van der Waals surface area (Å²) in [5.41, 5.74) is 8.54. The van der Waals surface area contributed by atoms with Crippen molar-refractivity contribution in [3.63, 3.8) is 0 Å². The average molecular weight is 292 g/mol. The minimum Gasteiger partial charge on any atom is -0.330 e. The van der Waals surface area contributed by atoms with Gasteiger partial charge in [-0.1, -0.05) is 0 Å². The van der Waals surface area contributed by atoms with Crippen LogP contribution in [0.15, 0.2) is 18.2 Å². The molecule has 0 bridgehead atoms. The highest BCUT2D eigenvalue weighted by molar-refractivity contribution is 5.41. The first-order valence-corrected chi connectivity index (χ1v) is 6.59. The lowest BCUT2D eigenvalue weighted by Gasteiger charge is -2.06. The minimum absolute atomic E-state index is 0.107. The lowest BCUT2D eigenvalue weighted by atomic mass is 10.1. The summed E-state index contributed by atoms with van der Waals surface area (Å²) in [6, 6.07) is 3.44. The summed E-state index contributed by atoms with van der Waals surface area (Å²) in [6.45, 7) is 4.42. The van der Waals surface area contributed by atoms with E-state index < -0.39 is 10.7 Å². The van der Waals surface area contributed by atoms with Gasteiger partial charge in [0, 0.05) is 11.8 Å². The highest BCUT2D eigenvalue weighted by Crippen LogP contribution is 2.22. The van der Waals surface area contributed by atoms with Gasteiger partial charge in [-0.15, -0.1) is 0 Å². The molecule has 0 amide bonds. The van der Waals surface area contributed by atoms with Crippen molar-refractivity contribution in [3.8, 4) is 0 Å². The SMILES string of the molecule is Cc1nn(Cc2cc(F)ccc2[N+](=O)[O-])c(C)c1CCN. The Kier molecular flexibility index (Phi) is 4.32. The third-order valence-electron chi connectivity index (χ3n) is 3.48. The van der Waals surface area contributed by atoms with Crippen molar-refractivity contribution in [2.45, 2.75) is 26.8 Å². The molecule has 0 atom stereocenters. The standard InChI is InChI=1S/C14H17FN4O2/c1-9-13(5-6-16)10(2)18(17-9)8-11-7-12(15)3-4-14(11)19(20)21/h3-4,7H,5-6,8,16H2,1-2H3. The van der Waals surface area contributed by atoms with Gasteiger partial charge < -0.3 is 5.73 Å². The van der Waals surface area contributed by atoms with E-state index in [4.69, 9.17) is 5.73 Å². The molecule has 0 fully saturated rings. The van der Waals surface area contributed by atoms with E-state index in [9.17, 15) is 14.5 Å². The molecular formula is C14H17FN4O2. The summed E-state index contributed by atoms with van der Waals surface area (Å²) < 4.78 is 15.0. The zero-order valence-corrected chi connectivity index (χ0v) is 12.0. The summed E-state index contributed by atoms with van der Waals surface area (Å²) in [5, 5.41) is 15.4. The molecule has 1 aromatic carbocycles. The molecule has 2 N–H and O–H groups in total. The van der Waals surface area contributed by atoms with Gasteiger partial charge in [0.15, 0.2) is 0 Å². The Labute approximate surface area is 121 Å². The molecule has 0 aliphatic heterocycles. The Balaban J connectivity index is 2.41. The van der Waals surface area contributed by atoms with Gasteiger partial charge in [-0.3, -0.25) is 14.8 Å². The number of aryl methyl sites for hydroxylation is 1. The van der Waals surface area contributed by atoms with Gasteiger partial charge >= 0.3 is 0 Å². The van der Waals surface area contributed by atoms with E-state index >= 15 is 0 Å². The molecule has 0 aliphatic carbocycles. The first kappa shape index (κ1) is 15.1. The van der Waals surface area contributed by atoms with Crippen LogP contribution < -0.4 is 5.73 Å². The number of hydrogen-bond acceptors (Lipinski definition) is 4. The quantitative estimate of drug-likeness (QED) is 0.675. The Morgan fingerprint density at radius 1 is 1.43 bits per heavy atom. The topological polar surface area (TPSA) is 87.0 Å². The van der Waals surface area contributed by atoms with Crippen molar-refractivity contribution in [1.82, 2.24) is 9.78 Å². The van der Waals surface area contributed by atoms with Crippen molar-refractivity contribution in [2.75, 3.05) is 6.54 Å². The number of nitrogens with zero attached hydrogens (tertiary/aromatic N) is 3. The van der Waals surface area contributed by atoms with Crippen LogP contribution in [0.25, 0.3) is 0 Å². The molecule has 0 aliphatic rings. The van der Waals surface area contributed by atoms with E-state index in [1.165, 1.54) is 12.1 Å². The molecule has 1 aromatic heterocycles. The van der Waals surface area contributed by atoms with E-state index in [0.29, 0.717) is 18.5 Å². The first-order valence-electron chi connectivity index (χ1n) is 6.59. The second-order valence-corrected chi connectivity index (χ2v) is 4.88. The second kappa shape index (κ2) is 6.01. The maximum Gasteiger partial charge on any atom is 0.274 e. The Bertz CT molecular complexity index is 682. The van der Waals surface area contributed by atoms with Crippen molar-refractivity contribution >= 4 is 5.69 Å². The lowest BCUT2D eigenvalue weighted by molar-refractivity contribution is -0.385. The molecule has 0 saturated heterocycles. The van der Waals surface area contributed by atoms with Crippen molar-refractivity contribution in [3.05, 3.63) is 56.6 Å². The smallest absolute Gasteiger partial charge is 0.274 e. The van der Waals surface area contributed by atoms with Gasteiger partial charge in [0.2, 0.25) is 0 Å². The van der Waals surface area contributed by atoms with Gasteiger partial charge in [0.05, 0.1) is 22.7 Å². The lowest BCUT2D eigenvalue weighted by Crippen LogP contribution is -2.08. The van der Waals surface area contributed by atoms with Crippen LogP contribution in [0, 0.1) is 29.8 Å². The second-order valence-electron chi connectivity index (χ2n) is 4.88. The van der Waals surface area contributed by atoms with Crippen molar-refractivity contribution in [2.24, 2.45) is 5.73 Å². The molecule has 7 heteroatoms. The number of rotatable bonds is 5. The Morgan fingerprint density at radius 2 is 2.14 bits per heavy atom. The predicted octanol–water partition coefficient (Wildman–Crippen LogP) is 2.10. The van der Waals surface area contributed by atoms with Gasteiger partial charge in [-0.05, 0) is 44.5 Å². The van der Waals surface area contributed by atoms with E-state index in [1.54, 1.807) is 4.68 Å². The predicted molar refractivity (Wildman–Crippen MR) is 76.6 cm³/mol. The molecule has 0 saturated carbocycles. The molecule has 112 valence electrons. The minimum atomic E-state index is -0.513. The van der Waals surface area contributed by atoms with Crippen LogP contribution in [0.4, 0.5) is 10.1 Å². The number of benzene rings is 1. The van der Waals surface area contributed by atoms with E-state index in [1.807, 2.05) is 13.8 Å². The highest BCUT2D eigenvalue weighted by atomic mass is 19.1. The van der Waals surface area contributed by atoms with E-state index in [-0.39, 0.29) is 12.2 Å². The van der Waals surface area contributed by atoms with Crippen LogP contribution in [0.2, 0.25) is 0 Å². The number of nitro benzene ring substituents is 1. The fourth-order valence-electron chi connectivity index (χ4n) is 2.41. The third kappa shape index (κ3) is 3.08. The fourth-order valence-corrected chi connectivity index (χ4v) is 2.41. The number of hydrogen-bond donors (Lipinski definition) is 1. The molecular weight excluding hydrogens is 275 g/mol. The van der Waals surface area contributed by atoms with E-state index in [0.717, 1.165) is 23.0 Å². The first-order chi connectivity index (χ1) is 9.93. The van der Waals surface area contributed by atoms with Gasteiger partial charge in [0.1, 0.15) is 5.82 Å². The van der Waals surface area contributed by atoms with Crippen LogP contribution in [-0.4, -0.2) is 21.2 Å². The van der Waals surface area contributed by atoms with Crippen LogP contribution in [0.3, 0.4) is 0 Å². The number of nitro groups is 1. The van der Waals surface area contributed by atoms with E-state index in [2.05, 4.69) is 5.10 Å². The van der Waals surface area contributed by atoms with Crippen LogP contribution >= 0.6 is 0 Å². The monoisotopic (exact) mass is 292 g/mol. The van der Waals surface area contributed by atoms with Crippen LogP contribution in [-0.2, 0) is 13.0 Å². The van der Waals surface area contributed by atoms with Crippen molar-refractivity contribution < 1.29 is 9.31 Å². The summed E-state index contributed by atoms with van der Waals surface area (Å²) in [5.74, 6) is -0.501. The zero-order chi connectivity index (χ0) is 15.6. The Hall–Kier alpha value is -2.28. The largest absolute Gasteiger partial charge is 0.330 e. The summed E-state index contributed by atoms with van der Waals surface area (Å²) in [7, 11) is 0. The zero-order valence-electron chi connectivity index (χ0n) is 12.0. The number of aromatic nitrogens is 2. The molecule has 21 heavy (non-hydrogen) atoms. The van der Waals surface area contributed by atoms with Crippen molar-refractivity contribution in [1.29, 1.82) is 0 Å². The molecule has 0 spiro atoms. The van der Waals surface area contributed by atoms with Gasteiger partial charge in [-0.2, -0.15) is 5.10 Å². The highest BCUT2D eigenvalue weighted by Gasteiger charge is 2.17. The Morgan fingerprint density at radius 3 is 2.76 bits per heavy atom. The average Bonchev–Trinajstić information content (AvgIpc) is 2.67. The molecule has 1 heterocycles. The normalized spacial score (nSPS) is 10.9. The molecule has 0 radical (unpaired) electrons. The molecule has 2 rings (SSSR count). The maximum atomic E-state index is 13.4. The van der Waals surface area contributed by atoms with Crippen LogP contribution in [0.1, 0.15) is 22.5 Å². The number of halogens is 1. The number of nitrogens with two attached hydrogens (primary N) is 1. The van der Waals surface area contributed by atoms with Gasteiger partial charge in [0.25, 0.3) is 5.69 Å². The van der Waals surface area contributed by atoms with Gasteiger partial charge in [-0.25, -0.2) is 4.39 Å². The summed E-state index contributed by atoms with van der Waals surface area (Å²) in [4.78, 5) is 10.5. The maximum absolute atomic E-state index is 13.4. The summed E-state index contributed by atoms with van der Waals surface area (Å²) >= 11 is 0. The van der Waals surface area contributed by atoms with Crippen LogP contribution in [0.5, 0.6) is 0 Å². The third-order valence-corrected chi connectivity index (χ3v) is 3.48. The molecule has 2 aromatic rings.